The van der Waals surface area contributed by atoms with E-state index < -0.39 is 0 Å². The molecule has 0 spiro atoms. The van der Waals surface area contributed by atoms with Gasteiger partial charge in [0.2, 0.25) is 5.88 Å². The topological polar surface area (TPSA) is 114 Å². The van der Waals surface area contributed by atoms with Crippen molar-refractivity contribution < 1.29 is 9.53 Å². The van der Waals surface area contributed by atoms with E-state index in [1.54, 1.807) is 30.5 Å². The fourth-order valence-electron chi connectivity index (χ4n) is 2.17. The third-order valence-electron chi connectivity index (χ3n) is 3.51. The van der Waals surface area contributed by atoms with Crippen LogP contribution in [0.4, 0.5) is 17.5 Å². The smallest absolute Gasteiger partial charge is 0.252 e. The van der Waals surface area contributed by atoms with Gasteiger partial charge in [-0.05, 0) is 30.3 Å². The molecule has 9 heteroatoms. The first kappa shape index (κ1) is 18.1. The zero-order valence-corrected chi connectivity index (χ0v) is 14.7. The summed E-state index contributed by atoms with van der Waals surface area (Å²) in [6, 6.07) is 12.5. The third kappa shape index (κ3) is 5.36. The monoisotopic (exact) mass is 365 g/mol. The van der Waals surface area contributed by atoms with Crippen LogP contribution >= 0.6 is 0 Å². The zero-order valence-electron chi connectivity index (χ0n) is 14.7. The number of nitrogens with zero attached hydrogens (tertiary/aromatic N) is 4. The number of pyridine rings is 2. The molecule has 0 aliphatic carbocycles. The van der Waals surface area contributed by atoms with Gasteiger partial charge in [0.1, 0.15) is 11.6 Å². The highest BCUT2D eigenvalue weighted by Gasteiger charge is 2.05. The molecule has 27 heavy (non-hydrogen) atoms. The number of methoxy groups -OCH3 is 1. The molecule has 3 N–H and O–H groups in total. The number of aromatic nitrogens is 4. The van der Waals surface area contributed by atoms with Gasteiger partial charge in [-0.3, -0.25) is 4.79 Å². The molecule has 0 bridgehead atoms. The Morgan fingerprint density at radius 1 is 0.963 bits per heavy atom. The summed E-state index contributed by atoms with van der Waals surface area (Å²) in [6.07, 6.45) is 3.17. The van der Waals surface area contributed by atoms with Crippen molar-refractivity contribution in [1.82, 2.24) is 25.5 Å². The summed E-state index contributed by atoms with van der Waals surface area (Å²) in [7, 11) is 1.53. The van der Waals surface area contributed by atoms with Crippen molar-refractivity contribution in [1.29, 1.82) is 0 Å². The highest BCUT2D eigenvalue weighted by molar-refractivity contribution is 5.93. The molecule has 138 valence electrons. The van der Waals surface area contributed by atoms with Gasteiger partial charge >= 0.3 is 0 Å². The molecule has 0 aromatic carbocycles. The van der Waals surface area contributed by atoms with E-state index >= 15 is 0 Å². The minimum absolute atomic E-state index is 0.201. The SMILES string of the molecule is COc1ccc(C(=O)NCCNc2ccc(Nc3ccccn3)nn2)cn1. The molecule has 0 saturated heterocycles. The predicted octanol–water partition coefficient (Wildman–Crippen LogP) is 1.86. The van der Waals surface area contributed by atoms with E-state index in [9.17, 15) is 4.79 Å². The van der Waals surface area contributed by atoms with Gasteiger partial charge in [-0.1, -0.05) is 6.07 Å². The maximum atomic E-state index is 12.0. The molecule has 0 aliphatic heterocycles. The molecule has 9 nitrogen and oxygen atoms in total. The van der Waals surface area contributed by atoms with Crippen LogP contribution in [0.2, 0.25) is 0 Å². The van der Waals surface area contributed by atoms with E-state index in [-0.39, 0.29) is 5.91 Å². The summed E-state index contributed by atoms with van der Waals surface area (Å²) in [5.41, 5.74) is 0.473. The largest absolute Gasteiger partial charge is 0.481 e. The first-order valence-electron chi connectivity index (χ1n) is 8.28. The molecule has 3 heterocycles. The Hall–Kier alpha value is -3.75. The highest BCUT2D eigenvalue weighted by Crippen LogP contribution is 2.11. The third-order valence-corrected chi connectivity index (χ3v) is 3.51. The Kier molecular flexibility index (Phi) is 6.08. The van der Waals surface area contributed by atoms with Gasteiger partial charge in [0.05, 0.1) is 12.7 Å². The van der Waals surface area contributed by atoms with Gasteiger partial charge in [-0.15, -0.1) is 10.2 Å². The average Bonchev–Trinajstić information content (AvgIpc) is 2.73. The molecule has 3 aromatic rings. The van der Waals surface area contributed by atoms with Crippen LogP contribution in [0.5, 0.6) is 5.88 Å². The zero-order chi connectivity index (χ0) is 18.9. The van der Waals surface area contributed by atoms with Crippen molar-refractivity contribution >= 4 is 23.4 Å². The van der Waals surface area contributed by atoms with Crippen LogP contribution in [0.25, 0.3) is 0 Å². The number of carbonyl (C=O) groups is 1. The fraction of sp³-hybridized carbons (Fsp3) is 0.167. The van der Waals surface area contributed by atoms with E-state index in [0.717, 1.165) is 0 Å². The quantitative estimate of drug-likeness (QED) is 0.518. The van der Waals surface area contributed by atoms with Gasteiger partial charge in [0, 0.05) is 31.5 Å². The number of anilines is 3. The van der Waals surface area contributed by atoms with E-state index in [1.807, 2.05) is 18.2 Å². The molecule has 3 aromatic heterocycles. The highest BCUT2D eigenvalue weighted by atomic mass is 16.5. The first-order valence-corrected chi connectivity index (χ1v) is 8.28. The van der Waals surface area contributed by atoms with Gasteiger partial charge in [-0.2, -0.15) is 0 Å². The molecule has 0 fully saturated rings. The second-order valence-corrected chi connectivity index (χ2v) is 5.42. The normalized spacial score (nSPS) is 10.1. The molecule has 3 rings (SSSR count). The number of carbonyl (C=O) groups excluding carboxylic acids is 1. The lowest BCUT2D eigenvalue weighted by atomic mass is 10.2. The minimum atomic E-state index is -0.201. The van der Waals surface area contributed by atoms with Crippen molar-refractivity contribution in [2.24, 2.45) is 0 Å². The Balaban J connectivity index is 1.41. The number of nitrogens with one attached hydrogen (secondary N) is 3. The van der Waals surface area contributed by atoms with Crippen LogP contribution in [-0.4, -0.2) is 46.3 Å². The number of ether oxygens (including phenoxy) is 1. The molecule has 0 aliphatic rings. The van der Waals surface area contributed by atoms with E-state index in [4.69, 9.17) is 4.74 Å². The van der Waals surface area contributed by atoms with Crippen molar-refractivity contribution in [3.8, 4) is 5.88 Å². The van der Waals surface area contributed by atoms with Crippen LogP contribution in [0, 0.1) is 0 Å². The molecule has 1 amide bonds. The number of rotatable bonds is 8. The summed E-state index contributed by atoms with van der Waals surface area (Å²) in [5.74, 6) is 2.17. The number of amides is 1. The fourth-order valence-corrected chi connectivity index (χ4v) is 2.17. The summed E-state index contributed by atoms with van der Waals surface area (Å²) in [4.78, 5) is 20.2. The average molecular weight is 365 g/mol. The second-order valence-electron chi connectivity index (χ2n) is 5.42. The van der Waals surface area contributed by atoms with Gasteiger partial charge in [0.25, 0.3) is 5.91 Å². The summed E-state index contributed by atoms with van der Waals surface area (Å²) in [6.45, 7) is 0.942. The van der Waals surface area contributed by atoms with Crippen molar-refractivity contribution in [2.75, 3.05) is 30.8 Å². The molecular formula is C18H19N7O2. The van der Waals surface area contributed by atoms with Gasteiger partial charge in [-0.25, -0.2) is 9.97 Å². The van der Waals surface area contributed by atoms with E-state index in [0.29, 0.717) is 42.0 Å². The van der Waals surface area contributed by atoms with Crippen molar-refractivity contribution in [2.45, 2.75) is 0 Å². The molecule has 0 atom stereocenters. The Morgan fingerprint density at radius 3 is 2.48 bits per heavy atom. The molecule has 0 radical (unpaired) electrons. The lowest BCUT2D eigenvalue weighted by molar-refractivity contribution is 0.0954. The summed E-state index contributed by atoms with van der Waals surface area (Å²) < 4.78 is 4.96. The van der Waals surface area contributed by atoms with Gasteiger partial charge in [0.15, 0.2) is 5.82 Å². The van der Waals surface area contributed by atoms with Crippen LogP contribution in [0.1, 0.15) is 10.4 Å². The molecule has 0 unspecified atom stereocenters. The first-order chi connectivity index (χ1) is 13.2. The lowest BCUT2D eigenvalue weighted by Gasteiger charge is -2.08. The van der Waals surface area contributed by atoms with Crippen molar-refractivity contribution in [3.05, 3.63) is 60.4 Å². The van der Waals surface area contributed by atoms with E-state index in [1.165, 1.54) is 13.3 Å². The van der Waals surface area contributed by atoms with Crippen LogP contribution in [0.3, 0.4) is 0 Å². The number of hydrogen-bond acceptors (Lipinski definition) is 8. The number of hydrogen-bond donors (Lipinski definition) is 3. The Morgan fingerprint density at radius 2 is 1.81 bits per heavy atom. The summed E-state index contributed by atoms with van der Waals surface area (Å²) in [5, 5.41) is 17.1. The molecule has 0 saturated carbocycles. The lowest BCUT2D eigenvalue weighted by Crippen LogP contribution is -2.29. The maximum absolute atomic E-state index is 12.0. The van der Waals surface area contributed by atoms with Crippen molar-refractivity contribution in [3.63, 3.8) is 0 Å². The predicted molar refractivity (Wildman–Crippen MR) is 101 cm³/mol. The standard InChI is InChI=1S/C18H19N7O2/c1-27-17-8-5-13(12-22-17)18(26)21-11-10-20-15-6-7-16(25-24-15)23-14-4-2-3-9-19-14/h2-9,12H,10-11H2,1H3,(H,20,24)(H,21,26)(H,19,23,25). The van der Waals surface area contributed by atoms with Gasteiger partial charge < -0.3 is 20.7 Å². The minimum Gasteiger partial charge on any atom is -0.481 e. The second kappa shape index (κ2) is 9.09. The Bertz CT molecular complexity index is 855. The van der Waals surface area contributed by atoms with Crippen LogP contribution in [0.15, 0.2) is 54.9 Å². The summed E-state index contributed by atoms with van der Waals surface area (Å²) >= 11 is 0. The van der Waals surface area contributed by atoms with E-state index in [2.05, 4.69) is 36.1 Å². The Labute approximate surface area is 156 Å². The van der Waals surface area contributed by atoms with Crippen LogP contribution in [-0.2, 0) is 0 Å². The van der Waals surface area contributed by atoms with Crippen LogP contribution < -0.4 is 20.7 Å². The molecular weight excluding hydrogens is 346 g/mol. The maximum Gasteiger partial charge on any atom is 0.252 e.